The van der Waals surface area contributed by atoms with Crippen LogP contribution in [0.1, 0.15) is 43.1 Å². The van der Waals surface area contributed by atoms with E-state index in [1.54, 1.807) is 0 Å². The monoisotopic (exact) mass is 353 g/mol. The van der Waals surface area contributed by atoms with Crippen molar-refractivity contribution in [3.05, 3.63) is 22.4 Å². The van der Waals surface area contributed by atoms with E-state index in [4.69, 9.17) is 0 Å². The van der Waals surface area contributed by atoms with Crippen molar-refractivity contribution in [1.82, 2.24) is 14.8 Å². The second-order valence-electron chi connectivity index (χ2n) is 6.44. The van der Waals surface area contributed by atoms with Gasteiger partial charge in [-0.1, -0.05) is 0 Å². The molecule has 0 saturated carbocycles. The van der Waals surface area contributed by atoms with Crippen LogP contribution in [0.3, 0.4) is 0 Å². The lowest BCUT2D eigenvalue weighted by molar-refractivity contribution is 0.0425. The van der Waals surface area contributed by atoms with Crippen molar-refractivity contribution >= 4 is 21.8 Å². The third kappa shape index (κ3) is 3.04. The third-order valence-corrected chi connectivity index (χ3v) is 5.37. The van der Waals surface area contributed by atoms with E-state index < -0.39 is 0 Å². The zero-order valence-corrected chi connectivity index (χ0v) is 14.3. The van der Waals surface area contributed by atoms with E-state index in [9.17, 15) is 4.79 Å². The van der Waals surface area contributed by atoms with E-state index in [1.165, 1.54) is 19.3 Å². The Bertz CT molecular complexity index is 514. The van der Waals surface area contributed by atoms with E-state index >= 15 is 0 Å². The number of carbonyl (C=O) groups excluding carboxylic acids is 1. The van der Waals surface area contributed by atoms with E-state index in [-0.39, 0.29) is 5.91 Å². The topological polar surface area (TPSA) is 37.3 Å². The van der Waals surface area contributed by atoms with Gasteiger partial charge in [0.15, 0.2) is 0 Å². The molecule has 3 heterocycles. The molecule has 1 aromatic rings. The lowest BCUT2D eigenvalue weighted by Crippen LogP contribution is -2.52. The van der Waals surface area contributed by atoms with Crippen molar-refractivity contribution in [2.75, 3.05) is 26.2 Å². The minimum Gasteiger partial charge on any atom is -0.343 e. The normalized spacial score (nSPS) is 26.3. The summed E-state index contributed by atoms with van der Waals surface area (Å²) in [5.74, 6) is 0.187. The van der Waals surface area contributed by atoms with Crippen LogP contribution in [0.2, 0.25) is 0 Å². The standard InChI is InChI=1S/C16H24BrN3O/c1-2-19-10-13(17)9-14(19)15(21)20-8-4-6-16(12-20)5-3-7-18-11-16/h9-10,18H,2-8,11-12H2,1H3. The van der Waals surface area contributed by atoms with Crippen LogP contribution in [0, 0.1) is 5.41 Å². The maximum Gasteiger partial charge on any atom is 0.270 e. The Hall–Kier alpha value is -0.810. The number of halogens is 1. The molecule has 1 spiro atoms. The first kappa shape index (κ1) is 15.1. The summed E-state index contributed by atoms with van der Waals surface area (Å²) in [6.07, 6.45) is 6.86. The molecule has 21 heavy (non-hydrogen) atoms. The largest absolute Gasteiger partial charge is 0.343 e. The van der Waals surface area contributed by atoms with E-state index in [0.717, 1.165) is 49.3 Å². The lowest BCUT2D eigenvalue weighted by Gasteiger charge is -2.45. The predicted molar refractivity (Wildman–Crippen MR) is 87.5 cm³/mol. The van der Waals surface area contributed by atoms with Crippen LogP contribution < -0.4 is 5.32 Å². The second-order valence-corrected chi connectivity index (χ2v) is 7.36. The molecule has 5 heteroatoms. The zero-order valence-electron chi connectivity index (χ0n) is 12.7. The number of amides is 1. The number of piperidine rings is 2. The Morgan fingerprint density at radius 1 is 1.43 bits per heavy atom. The van der Waals surface area contributed by atoms with Crippen LogP contribution in [-0.2, 0) is 6.54 Å². The predicted octanol–water partition coefficient (Wildman–Crippen LogP) is 2.88. The Balaban J connectivity index is 1.77. The third-order valence-electron chi connectivity index (χ3n) is 4.93. The summed E-state index contributed by atoms with van der Waals surface area (Å²) in [4.78, 5) is 15.0. The summed E-state index contributed by atoms with van der Waals surface area (Å²) in [5, 5.41) is 3.52. The molecular weight excluding hydrogens is 330 g/mol. The molecule has 1 unspecified atom stereocenters. The van der Waals surface area contributed by atoms with Gasteiger partial charge < -0.3 is 14.8 Å². The quantitative estimate of drug-likeness (QED) is 0.887. The number of likely N-dealkylation sites (tertiary alicyclic amines) is 1. The van der Waals surface area contributed by atoms with Crippen molar-refractivity contribution in [1.29, 1.82) is 0 Å². The van der Waals surface area contributed by atoms with Gasteiger partial charge in [0.05, 0.1) is 0 Å². The molecule has 0 aliphatic carbocycles. The summed E-state index contributed by atoms with van der Waals surface area (Å²) < 4.78 is 3.02. The Kier molecular flexibility index (Phi) is 4.41. The summed E-state index contributed by atoms with van der Waals surface area (Å²) in [6.45, 7) is 6.90. The lowest BCUT2D eigenvalue weighted by atomic mass is 9.74. The molecule has 2 fully saturated rings. The van der Waals surface area contributed by atoms with Crippen molar-refractivity contribution < 1.29 is 4.79 Å². The van der Waals surface area contributed by atoms with Gasteiger partial charge in [-0.25, -0.2) is 0 Å². The van der Waals surface area contributed by atoms with Gasteiger partial charge in [-0.2, -0.15) is 0 Å². The minimum atomic E-state index is 0.187. The summed E-state index contributed by atoms with van der Waals surface area (Å²) in [7, 11) is 0. The van der Waals surface area contributed by atoms with Crippen molar-refractivity contribution in [2.45, 2.75) is 39.2 Å². The van der Waals surface area contributed by atoms with E-state index in [2.05, 4.69) is 33.1 Å². The molecule has 1 N–H and O–H groups in total. The number of hydrogen-bond acceptors (Lipinski definition) is 2. The fourth-order valence-corrected chi connectivity index (χ4v) is 4.30. The first-order valence-electron chi connectivity index (χ1n) is 7.99. The SMILES string of the molecule is CCn1cc(Br)cc1C(=O)N1CCCC2(CCCNC2)C1. The maximum atomic E-state index is 12.9. The molecule has 0 radical (unpaired) electrons. The van der Waals surface area contributed by atoms with Gasteiger partial charge in [0.2, 0.25) is 0 Å². The van der Waals surface area contributed by atoms with E-state index in [1.807, 2.05) is 16.8 Å². The summed E-state index contributed by atoms with van der Waals surface area (Å²) >= 11 is 3.48. The number of nitrogens with one attached hydrogen (secondary N) is 1. The van der Waals surface area contributed by atoms with Gasteiger partial charge >= 0.3 is 0 Å². The van der Waals surface area contributed by atoms with Crippen LogP contribution in [0.4, 0.5) is 0 Å². The summed E-state index contributed by atoms with van der Waals surface area (Å²) in [6, 6.07) is 1.95. The van der Waals surface area contributed by atoms with Gasteiger partial charge in [-0.15, -0.1) is 0 Å². The molecular formula is C16H24BrN3O. The van der Waals surface area contributed by atoms with Crippen LogP contribution >= 0.6 is 15.9 Å². The second kappa shape index (κ2) is 6.13. The molecule has 2 saturated heterocycles. The van der Waals surface area contributed by atoms with Crippen molar-refractivity contribution in [3.8, 4) is 0 Å². The summed E-state index contributed by atoms with van der Waals surface area (Å²) in [5.41, 5.74) is 1.12. The number of rotatable bonds is 2. The number of nitrogens with zero attached hydrogens (tertiary/aromatic N) is 2. The number of aryl methyl sites for hydroxylation is 1. The molecule has 0 bridgehead atoms. The number of carbonyl (C=O) groups is 1. The van der Waals surface area contributed by atoms with Crippen LogP contribution in [0.25, 0.3) is 0 Å². The average molecular weight is 354 g/mol. The number of aromatic nitrogens is 1. The fraction of sp³-hybridized carbons (Fsp3) is 0.688. The highest BCUT2D eigenvalue weighted by molar-refractivity contribution is 9.10. The van der Waals surface area contributed by atoms with Gasteiger partial charge in [-0.3, -0.25) is 4.79 Å². The molecule has 2 aliphatic rings. The first-order chi connectivity index (χ1) is 10.1. The van der Waals surface area contributed by atoms with Crippen LogP contribution in [-0.4, -0.2) is 41.6 Å². The van der Waals surface area contributed by atoms with Gasteiger partial charge in [0.25, 0.3) is 5.91 Å². The van der Waals surface area contributed by atoms with Gasteiger partial charge in [-0.05, 0) is 61.1 Å². The van der Waals surface area contributed by atoms with Crippen molar-refractivity contribution in [3.63, 3.8) is 0 Å². The molecule has 2 aliphatic heterocycles. The molecule has 1 amide bonds. The highest BCUT2D eigenvalue weighted by Crippen LogP contribution is 2.36. The number of hydrogen-bond donors (Lipinski definition) is 1. The highest BCUT2D eigenvalue weighted by atomic mass is 79.9. The molecule has 3 rings (SSSR count). The molecule has 116 valence electrons. The van der Waals surface area contributed by atoms with Crippen molar-refractivity contribution in [2.24, 2.45) is 5.41 Å². The Morgan fingerprint density at radius 3 is 2.95 bits per heavy atom. The van der Waals surface area contributed by atoms with Gasteiger partial charge in [0, 0.05) is 42.3 Å². The average Bonchev–Trinajstić information content (AvgIpc) is 2.88. The van der Waals surface area contributed by atoms with Crippen LogP contribution in [0.5, 0.6) is 0 Å². The Morgan fingerprint density at radius 2 is 2.24 bits per heavy atom. The minimum absolute atomic E-state index is 0.187. The zero-order chi connectivity index (χ0) is 14.9. The molecule has 1 aromatic heterocycles. The smallest absolute Gasteiger partial charge is 0.270 e. The van der Waals surface area contributed by atoms with E-state index in [0.29, 0.717) is 5.41 Å². The van der Waals surface area contributed by atoms with Crippen LogP contribution in [0.15, 0.2) is 16.7 Å². The fourth-order valence-electron chi connectivity index (χ4n) is 3.84. The highest BCUT2D eigenvalue weighted by Gasteiger charge is 2.38. The maximum absolute atomic E-state index is 12.9. The Labute approximate surface area is 135 Å². The van der Waals surface area contributed by atoms with Gasteiger partial charge in [0.1, 0.15) is 5.69 Å². The molecule has 4 nitrogen and oxygen atoms in total. The first-order valence-corrected chi connectivity index (χ1v) is 8.78. The molecule has 0 aromatic carbocycles. The molecule has 1 atom stereocenters.